The summed E-state index contributed by atoms with van der Waals surface area (Å²) in [6.45, 7) is 1.53. The summed E-state index contributed by atoms with van der Waals surface area (Å²) in [5, 5.41) is 9.56. The number of rotatable bonds is 7. The van der Waals surface area contributed by atoms with E-state index in [9.17, 15) is 18.3 Å². The van der Waals surface area contributed by atoms with Crippen LogP contribution in [0.5, 0.6) is 11.5 Å². The third kappa shape index (κ3) is 5.09. The molecule has 0 bridgehead atoms. The highest BCUT2D eigenvalue weighted by atomic mass is 32.2. The van der Waals surface area contributed by atoms with Gasteiger partial charge in [0, 0.05) is 11.3 Å². The van der Waals surface area contributed by atoms with Gasteiger partial charge in [0.1, 0.15) is 0 Å². The van der Waals surface area contributed by atoms with Crippen molar-refractivity contribution < 1.29 is 23.1 Å². The van der Waals surface area contributed by atoms with Crippen LogP contribution in [0.25, 0.3) is 6.08 Å². The second-order valence-electron chi connectivity index (χ2n) is 5.22. The first-order chi connectivity index (χ1) is 11.8. The van der Waals surface area contributed by atoms with Gasteiger partial charge in [-0.05, 0) is 42.8 Å². The highest BCUT2D eigenvalue weighted by Crippen LogP contribution is 2.26. The van der Waals surface area contributed by atoms with E-state index in [4.69, 9.17) is 4.74 Å². The van der Waals surface area contributed by atoms with E-state index in [1.54, 1.807) is 36.4 Å². The minimum absolute atomic E-state index is 0.0156. The van der Waals surface area contributed by atoms with Gasteiger partial charge in [0.25, 0.3) is 0 Å². The van der Waals surface area contributed by atoms with Crippen molar-refractivity contribution in [1.82, 2.24) is 0 Å². The molecule has 0 atom stereocenters. The van der Waals surface area contributed by atoms with Crippen molar-refractivity contribution in [3.63, 3.8) is 0 Å². The molecule has 132 valence electrons. The number of hydrogen-bond donors (Lipinski definition) is 2. The number of phenolic OH excluding ortho intramolecular Hbond substituents is 1. The second kappa shape index (κ2) is 7.85. The lowest BCUT2D eigenvalue weighted by molar-refractivity contribution is 0.104. The van der Waals surface area contributed by atoms with Gasteiger partial charge >= 0.3 is 0 Å². The van der Waals surface area contributed by atoms with Crippen molar-refractivity contribution in [3.05, 3.63) is 59.7 Å². The van der Waals surface area contributed by atoms with E-state index in [0.717, 1.165) is 0 Å². The molecular weight excluding hydrogens is 342 g/mol. The molecule has 0 fully saturated rings. The van der Waals surface area contributed by atoms with Crippen LogP contribution in [0.3, 0.4) is 0 Å². The van der Waals surface area contributed by atoms with Crippen LogP contribution in [0.4, 0.5) is 5.69 Å². The maximum absolute atomic E-state index is 12.3. The first-order valence-corrected chi connectivity index (χ1v) is 9.20. The average molecular weight is 361 g/mol. The minimum atomic E-state index is -3.40. The van der Waals surface area contributed by atoms with Crippen LogP contribution in [0.1, 0.15) is 22.8 Å². The molecule has 0 saturated heterocycles. The first-order valence-electron chi connectivity index (χ1n) is 7.54. The normalized spacial score (nSPS) is 11.4. The van der Waals surface area contributed by atoms with Gasteiger partial charge in [-0.15, -0.1) is 0 Å². The van der Waals surface area contributed by atoms with E-state index >= 15 is 0 Å². The van der Waals surface area contributed by atoms with Crippen LogP contribution < -0.4 is 9.46 Å². The van der Waals surface area contributed by atoms with Crippen LogP contribution in [0.15, 0.2) is 48.5 Å². The number of hydrogen-bond acceptors (Lipinski definition) is 5. The van der Waals surface area contributed by atoms with Gasteiger partial charge in [-0.1, -0.05) is 24.3 Å². The Morgan fingerprint density at radius 3 is 2.68 bits per heavy atom. The molecule has 0 aromatic heterocycles. The van der Waals surface area contributed by atoms with E-state index < -0.39 is 10.0 Å². The highest BCUT2D eigenvalue weighted by Gasteiger charge is 2.09. The molecule has 0 aliphatic carbocycles. The number of nitrogens with one attached hydrogen (secondary N) is 1. The Hall–Kier alpha value is -2.80. The van der Waals surface area contributed by atoms with Crippen molar-refractivity contribution in [2.75, 3.05) is 17.6 Å². The van der Waals surface area contributed by atoms with Gasteiger partial charge in [0.15, 0.2) is 17.3 Å². The molecule has 25 heavy (non-hydrogen) atoms. The summed E-state index contributed by atoms with van der Waals surface area (Å²) in [7, 11) is -1.96. The van der Waals surface area contributed by atoms with Crippen molar-refractivity contribution >= 4 is 27.6 Å². The van der Waals surface area contributed by atoms with Gasteiger partial charge in [0.2, 0.25) is 10.0 Å². The van der Waals surface area contributed by atoms with Crippen molar-refractivity contribution in [3.8, 4) is 11.5 Å². The van der Waals surface area contributed by atoms with Crippen LogP contribution in [0.2, 0.25) is 0 Å². The lowest BCUT2D eigenvalue weighted by Crippen LogP contribution is -2.14. The second-order valence-corrected chi connectivity index (χ2v) is 7.23. The number of ketones is 1. The number of aromatic hydroxyl groups is 1. The molecule has 2 rings (SSSR count). The number of anilines is 1. The van der Waals surface area contributed by atoms with Gasteiger partial charge in [-0.3, -0.25) is 9.52 Å². The molecular formula is C18H19NO5S. The number of carbonyl (C=O) groups excluding carboxylic acids is 1. The number of phenols is 1. The zero-order chi connectivity index (χ0) is 18.4. The van der Waals surface area contributed by atoms with Crippen molar-refractivity contribution in [2.45, 2.75) is 6.92 Å². The molecule has 0 heterocycles. The van der Waals surface area contributed by atoms with E-state index in [2.05, 4.69) is 4.72 Å². The zero-order valence-electron chi connectivity index (χ0n) is 13.9. The Bertz CT molecular complexity index is 903. The number of sulfonamides is 1. The Morgan fingerprint density at radius 1 is 1.24 bits per heavy atom. The van der Waals surface area contributed by atoms with Gasteiger partial charge in [-0.25, -0.2) is 8.42 Å². The Balaban J connectivity index is 2.18. The molecule has 2 aromatic carbocycles. The van der Waals surface area contributed by atoms with E-state index in [1.807, 2.05) is 0 Å². The van der Waals surface area contributed by atoms with Gasteiger partial charge in [-0.2, -0.15) is 0 Å². The molecule has 7 heteroatoms. The van der Waals surface area contributed by atoms with Crippen LogP contribution >= 0.6 is 0 Å². The number of benzene rings is 2. The summed E-state index contributed by atoms with van der Waals surface area (Å²) < 4.78 is 30.6. The molecule has 0 radical (unpaired) electrons. The fourth-order valence-corrected chi connectivity index (χ4v) is 2.68. The lowest BCUT2D eigenvalue weighted by Gasteiger charge is -2.07. The largest absolute Gasteiger partial charge is 0.504 e. The van der Waals surface area contributed by atoms with Gasteiger partial charge in [0.05, 0.1) is 12.9 Å². The van der Waals surface area contributed by atoms with Crippen LogP contribution in [-0.2, 0) is 10.0 Å². The standard InChI is InChI=1S/C18H19NO5S/c1-3-25(22,23)19-15-6-4-5-14(12-15)16(20)9-7-13-8-10-17(21)18(11-13)24-2/h4-12,19,21H,3H2,1-2H3/b9-7+. The summed E-state index contributed by atoms with van der Waals surface area (Å²) in [6.07, 6.45) is 2.96. The fourth-order valence-electron chi connectivity index (χ4n) is 2.05. The summed E-state index contributed by atoms with van der Waals surface area (Å²) >= 11 is 0. The van der Waals surface area contributed by atoms with E-state index in [1.165, 1.54) is 32.2 Å². The summed E-state index contributed by atoms with van der Waals surface area (Å²) in [5.74, 6) is 0.00496. The predicted molar refractivity (Wildman–Crippen MR) is 97.5 cm³/mol. The Kier molecular flexibility index (Phi) is 5.82. The molecule has 0 aliphatic rings. The predicted octanol–water partition coefficient (Wildman–Crippen LogP) is 3.06. The van der Waals surface area contributed by atoms with Crippen molar-refractivity contribution in [2.24, 2.45) is 0 Å². The summed E-state index contributed by atoms with van der Waals surface area (Å²) in [5.41, 5.74) is 1.39. The summed E-state index contributed by atoms with van der Waals surface area (Å²) in [6, 6.07) is 11.0. The monoisotopic (exact) mass is 361 g/mol. The third-order valence-corrected chi connectivity index (χ3v) is 4.74. The van der Waals surface area contributed by atoms with Crippen molar-refractivity contribution in [1.29, 1.82) is 0 Å². The third-order valence-electron chi connectivity index (χ3n) is 3.43. The molecule has 0 unspecified atom stereocenters. The van der Waals surface area contributed by atoms with E-state index in [-0.39, 0.29) is 17.3 Å². The molecule has 0 aliphatic heterocycles. The Labute approximate surface area is 146 Å². The molecule has 0 amide bonds. The zero-order valence-corrected chi connectivity index (χ0v) is 14.7. The van der Waals surface area contributed by atoms with Crippen LogP contribution in [0, 0.1) is 0 Å². The molecule has 6 nitrogen and oxygen atoms in total. The maximum Gasteiger partial charge on any atom is 0.232 e. The number of methoxy groups -OCH3 is 1. The maximum atomic E-state index is 12.3. The SMILES string of the molecule is CCS(=O)(=O)Nc1cccc(C(=O)/C=C/c2ccc(O)c(OC)c2)c1. The quantitative estimate of drug-likeness (QED) is 0.584. The Morgan fingerprint density at radius 2 is 2.00 bits per heavy atom. The topological polar surface area (TPSA) is 92.7 Å². The summed E-state index contributed by atoms with van der Waals surface area (Å²) in [4.78, 5) is 12.3. The fraction of sp³-hybridized carbons (Fsp3) is 0.167. The lowest BCUT2D eigenvalue weighted by atomic mass is 10.1. The highest BCUT2D eigenvalue weighted by molar-refractivity contribution is 7.92. The number of carbonyl (C=O) groups is 1. The van der Waals surface area contributed by atoms with Gasteiger partial charge < -0.3 is 9.84 Å². The number of allylic oxidation sites excluding steroid dienone is 1. The first kappa shape index (κ1) is 18.5. The molecule has 0 saturated carbocycles. The average Bonchev–Trinajstić information content (AvgIpc) is 2.60. The molecule has 2 aromatic rings. The molecule has 2 N–H and O–H groups in total. The van der Waals surface area contributed by atoms with Crippen LogP contribution in [-0.4, -0.2) is 32.2 Å². The van der Waals surface area contributed by atoms with E-state index in [0.29, 0.717) is 22.6 Å². The smallest absolute Gasteiger partial charge is 0.232 e. The number of ether oxygens (including phenoxy) is 1. The minimum Gasteiger partial charge on any atom is -0.504 e. The molecule has 0 spiro atoms.